The highest BCUT2D eigenvalue weighted by Crippen LogP contribution is 2.17. The summed E-state index contributed by atoms with van der Waals surface area (Å²) >= 11 is 7.45. The molecule has 0 spiro atoms. The predicted octanol–water partition coefficient (Wildman–Crippen LogP) is 3.36. The van der Waals surface area contributed by atoms with Crippen LogP contribution in [0.3, 0.4) is 0 Å². The van der Waals surface area contributed by atoms with E-state index in [1.165, 1.54) is 24.9 Å². The molecule has 0 radical (unpaired) electrons. The molecule has 0 heterocycles. The first-order chi connectivity index (χ1) is 7.60. The van der Waals surface area contributed by atoms with Crippen LogP contribution in [-0.2, 0) is 9.53 Å². The van der Waals surface area contributed by atoms with Crippen LogP contribution in [0.25, 0.3) is 0 Å². The molecule has 0 aliphatic rings. The largest absolute Gasteiger partial charge is 0.465 e. The number of carbonyl (C=O) groups excluding carboxylic acids is 1. The van der Waals surface area contributed by atoms with E-state index in [1.54, 1.807) is 0 Å². The summed E-state index contributed by atoms with van der Waals surface area (Å²) in [5.41, 5.74) is 0.187. The molecule has 0 aromatic rings. The van der Waals surface area contributed by atoms with Crippen molar-refractivity contribution in [3.05, 3.63) is 23.4 Å². The van der Waals surface area contributed by atoms with Crippen LogP contribution in [0.1, 0.15) is 19.8 Å². The first-order valence-electron chi connectivity index (χ1n) is 4.82. The molecule has 90 valence electrons. The predicted molar refractivity (Wildman–Crippen MR) is 71.0 cm³/mol. The van der Waals surface area contributed by atoms with E-state index in [9.17, 15) is 4.79 Å². The van der Waals surface area contributed by atoms with Gasteiger partial charge in [-0.3, -0.25) is 0 Å². The van der Waals surface area contributed by atoms with Gasteiger partial charge in [0, 0.05) is 0 Å². The van der Waals surface area contributed by atoms with Gasteiger partial charge in [0.2, 0.25) is 0 Å². The maximum Gasteiger partial charge on any atom is 0.340 e. The number of ether oxygens (including phenoxy) is 1. The Bertz CT molecular complexity index is 324. The van der Waals surface area contributed by atoms with Gasteiger partial charge in [0.15, 0.2) is 0 Å². The summed E-state index contributed by atoms with van der Waals surface area (Å²) < 4.78 is 4.57. The highest BCUT2D eigenvalue weighted by molar-refractivity contribution is 8.13. The molecule has 16 heavy (non-hydrogen) atoms. The summed E-state index contributed by atoms with van der Waals surface area (Å²) in [4.78, 5) is 15.5. The lowest BCUT2D eigenvalue weighted by atomic mass is 10.3. The number of esters is 1. The van der Waals surface area contributed by atoms with Gasteiger partial charge < -0.3 is 4.74 Å². The summed E-state index contributed by atoms with van der Waals surface area (Å²) in [6.07, 6.45) is 5.08. The van der Waals surface area contributed by atoms with E-state index in [4.69, 9.17) is 11.6 Å². The number of methoxy groups -OCH3 is 1. The minimum atomic E-state index is -0.527. The van der Waals surface area contributed by atoms with Gasteiger partial charge in [-0.05, 0) is 12.7 Å². The van der Waals surface area contributed by atoms with Gasteiger partial charge in [-0.25, -0.2) is 9.79 Å². The first-order valence-corrected chi connectivity index (χ1v) is 6.43. The van der Waals surface area contributed by atoms with E-state index in [0.29, 0.717) is 0 Å². The van der Waals surface area contributed by atoms with Gasteiger partial charge in [0.1, 0.15) is 5.16 Å². The lowest BCUT2D eigenvalue weighted by Gasteiger charge is -2.03. The molecular formula is C11H16ClNO2S. The number of rotatable bonds is 5. The normalized spacial score (nSPS) is 13.1. The van der Waals surface area contributed by atoms with Crippen molar-refractivity contribution in [3.8, 4) is 0 Å². The molecule has 0 N–H and O–H groups in total. The van der Waals surface area contributed by atoms with Crippen molar-refractivity contribution >= 4 is 34.4 Å². The van der Waals surface area contributed by atoms with Gasteiger partial charge in [-0.15, -0.1) is 11.8 Å². The quantitative estimate of drug-likeness (QED) is 0.190. The second-order valence-corrected chi connectivity index (χ2v) is 4.10. The molecule has 5 heteroatoms. The van der Waals surface area contributed by atoms with Gasteiger partial charge in [-0.2, -0.15) is 0 Å². The highest BCUT2D eigenvalue weighted by atomic mass is 35.5. The minimum Gasteiger partial charge on any atom is -0.465 e. The fraction of sp³-hybridized carbons (Fsp3) is 0.455. The zero-order valence-electron chi connectivity index (χ0n) is 9.75. The van der Waals surface area contributed by atoms with E-state index in [0.717, 1.165) is 17.9 Å². The highest BCUT2D eigenvalue weighted by Gasteiger charge is 2.11. The Morgan fingerprint density at radius 1 is 1.62 bits per heavy atom. The maximum absolute atomic E-state index is 11.3. The Kier molecular flexibility index (Phi) is 8.03. The SMILES string of the molecule is C=C/C(C(=O)OC)=C(/Cl)N=C(CCC)SC. The van der Waals surface area contributed by atoms with Gasteiger partial charge >= 0.3 is 5.97 Å². The van der Waals surface area contributed by atoms with Crippen molar-refractivity contribution in [1.82, 2.24) is 0 Å². The maximum atomic E-state index is 11.3. The average molecular weight is 262 g/mol. The number of hydrogen-bond donors (Lipinski definition) is 0. The molecule has 0 saturated carbocycles. The van der Waals surface area contributed by atoms with Crippen molar-refractivity contribution in [2.45, 2.75) is 19.8 Å². The lowest BCUT2D eigenvalue weighted by Crippen LogP contribution is -2.04. The monoisotopic (exact) mass is 261 g/mol. The second kappa shape index (κ2) is 8.42. The Balaban J connectivity index is 5.09. The fourth-order valence-electron chi connectivity index (χ4n) is 0.949. The molecule has 0 fully saturated rings. The topological polar surface area (TPSA) is 38.7 Å². The molecule has 0 aromatic carbocycles. The lowest BCUT2D eigenvalue weighted by molar-refractivity contribution is -0.135. The first kappa shape index (κ1) is 15.3. The second-order valence-electron chi connectivity index (χ2n) is 2.86. The van der Waals surface area contributed by atoms with E-state index in [1.807, 2.05) is 6.26 Å². The van der Waals surface area contributed by atoms with Crippen molar-refractivity contribution < 1.29 is 9.53 Å². The Hall–Kier alpha value is -0.740. The van der Waals surface area contributed by atoms with E-state index < -0.39 is 5.97 Å². The van der Waals surface area contributed by atoms with E-state index >= 15 is 0 Å². The molecule has 0 aliphatic carbocycles. The van der Waals surface area contributed by atoms with Crippen LogP contribution in [0.2, 0.25) is 0 Å². The zero-order valence-corrected chi connectivity index (χ0v) is 11.3. The third-order valence-corrected chi connectivity index (χ3v) is 2.81. The third kappa shape index (κ3) is 4.86. The molecule has 0 saturated heterocycles. The molecule has 0 unspecified atom stereocenters. The third-order valence-electron chi connectivity index (χ3n) is 1.75. The molecule has 3 nitrogen and oxygen atoms in total. The fourth-order valence-corrected chi connectivity index (χ4v) is 1.85. The van der Waals surface area contributed by atoms with Crippen LogP contribution in [0.15, 0.2) is 28.4 Å². The number of nitrogens with zero attached hydrogens (tertiary/aromatic N) is 1. The Labute approximate surface area is 106 Å². The molecule has 0 rings (SSSR count). The molecule has 0 aromatic heterocycles. The van der Waals surface area contributed by atoms with Crippen LogP contribution in [0.5, 0.6) is 0 Å². The van der Waals surface area contributed by atoms with Crippen molar-refractivity contribution in [2.24, 2.45) is 4.99 Å². The minimum absolute atomic E-state index is 0.125. The molecular weight excluding hydrogens is 246 g/mol. The average Bonchev–Trinajstić information content (AvgIpc) is 2.29. The molecule has 0 aliphatic heterocycles. The van der Waals surface area contributed by atoms with Crippen LogP contribution in [0, 0.1) is 0 Å². The number of halogens is 1. The number of aliphatic imine (C=N–C) groups is 1. The number of hydrogen-bond acceptors (Lipinski definition) is 4. The van der Waals surface area contributed by atoms with Gasteiger partial charge in [-0.1, -0.05) is 37.6 Å². The molecule has 0 bridgehead atoms. The van der Waals surface area contributed by atoms with Crippen molar-refractivity contribution in [3.63, 3.8) is 0 Å². The molecule has 0 amide bonds. The van der Waals surface area contributed by atoms with Crippen molar-refractivity contribution in [1.29, 1.82) is 0 Å². The van der Waals surface area contributed by atoms with Crippen LogP contribution in [-0.4, -0.2) is 24.4 Å². The summed E-state index contributed by atoms with van der Waals surface area (Å²) in [6.45, 7) is 5.56. The smallest absolute Gasteiger partial charge is 0.340 e. The Morgan fingerprint density at radius 2 is 2.25 bits per heavy atom. The summed E-state index contributed by atoms with van der Waals surface area (Å²) in [6, 6.07) is 0. The van der Waals surface area contributed by atoms with Crippen LogP contribution in [0.4, 0.5) is 0 Å². The summed E-state index contributed by atoms with van der Waals surface area (Å²) in [7, 11) is 1.29. The Morgan fingerprint density at radius 3 is 2.62 bits per heavy atom. The number of thioether (sulfide) groups is 1. The van der Waals surface area contributed by atoms with Gasteiger partial charge in [0.25, 0.3) is 0 Å². The van der Waals surface area contributed by atoms with Crippen molar-refractivity contribution in [2.75, 3.05) is 13.4 Å². The van der Waals surface area contributed by atoms with Crippen LogP contribution >= 0.6 is 23.4 Å². The van der Waals surface area contributed by atoms with E-state index in [-0.39, 0.29) is 10.7 Å². The van der Waals surface area contributed by atoms with E-state index in [2.05, 4.69) is 23.2 Å². The number of carbonyl (C=O) groups is 1. The van der Waals surface area contributed by atoms with Gasteiger partial charge in [0.05, 0.1) is 17.7 Å². The van der Waals surface area contributed by atoms with Crippen LogP contribution < -0.4 is 0 Å². The summed E-state index contributed by atoms with van der Waals surface area (Å²) in [5.74, 6) is -0.527. The molecule has 0 atom stereocenters. The summed E-state index contributed by atoms with van der Waals surface area (Å²) in [5, 5.41) is 1.01. The zero-order chi connectivity index (χ0) is 12.6. The standard InChI is InChI=1S/C11H16ClNO2S/c1-5-7-9(16-4)13-10(12)8(6-2)11(14)15-3/h6H,2,5,7H2,1,3-4H3/b10-8+,13-9?.